The van der Waals surface area contributed by atoms with Crippen molar-refractivity contribution in [3.8, 4) is 0 Å². The number of rotatable bonds is 11. The maximum absolute atomic E-state index is 9.62. The van der Waals surface area contributed by atoms with E-state index >= 15 is 0 Å². The van der Waals surface area contributed by atoms with Crippen molar-refractivity contribution in [1.82, 2.24) is 5.32 Å². The Kier molecular flexibility index (Phi) is 9.54. The van der Waals surface area contributed by atoms with Crippen molar-refractivity contribution >= 4 is 0 Å². The minimum absolute atomic E-state index is 0.208. The second kappa shape index (κ2) is 10.7. The summed E-state index contributed by atoms with van der Waals surface area (Å²) in [7, 11) is 0. The van der Waals surface area contributed by atoms with E-state index in [9.17, 15) is 5.11 Å². The Morgan fingerprint density at radius 2 is 1.53 bits per heavy atom. The summed E-state index contributed by atoms with van der Waals surface area (Å²) in [5.41, 5.74) is 0.208. The first kappa shape index (κ1) is 17.0. The number of aliphatic hydroxyl groups excluding tert-OH is 1. The standard InChI is InChI=1S/C17H35NO/c1-2-3-4-5-6-7-11-14-18-15-17(16-19)12-9-8-10-13-17/h18-19H,2-16H2,1H3. The van der Waals surface area contributed by atoms with E-state index in [2.05, 4.69) is 12.2 Å². The summed E-state index contributed by atoms with van der Waals surface area (Å²) >= 11 is 0. The molecule has 0 aromatic heterocycles. The molecule has 2 nitrogen and oxygen atoms in total. The van der Waals surface area contributed by atoms with E-state index in [0.29, 0.717) is 6.61 Å². The van der Waals surface area contributed by atoms with Crippen LogP contribution in [0, 0.1) is 5.41 Å². The van der Waals surface area contributed by atoms with Gasteiger partial charge in [-0.2, -0.15) is 0 Å². The highest BCUT2D eigenvalue weighted by atomic mass is 16.3. The summed E-state index contributed by atoms with van der Waals surface area (Å²) < 4.78 is 0. The van der Waals surface area contributed by atoms with Crippen LogP contribution in [0.1, 0.15) is 84.0 Å². The normalized spacial score (nSPS) is 18.6. The van der Waals surface area contributed by atoms with Gasteiger partial charge in [-0.1, -0.05) is 64.7 Å². The Morgan fingerprint density at radius 3 is 2.16 bits per heavy atom. The lowest BCUT2D eigenvalue weighted by molar-refractivity contribution is 0.0814. The number of hydrogen-bond acceptors (Lipinski definition) is 2. The lowest BCUT2D eigenvalue weighted by Crippen LogP contribution is -2.39. The van der Waals surface area contributed by atoms with Crippen LogP contribution < -0.4 is 5.32 Å². The third-order valence-corrected chi connectivity index (χ3v) is 4.71. The van der Waals surface area contributed by atoms with Gasteiger partial charge in [0.15, 0.2) is 0 Å². The highest BCUT2D eigenvalue weighted by molar-refractivity contribution is 4.84. The van der Waals surface area contributed by atoms with Crippen LogP contribution in [0.2, 0.25) is 0 Å². The highest BCUT2D eigenvalue weighted by Gasteiger charge is 2.30. The van der Waals surface area contributed by atoms with E-state index in [1.165, 1.54) is 77.0 Å². The maximum atomic E-state index is 9.62. The number of aliphatic hydroxyl groups is 1. The van der Waals surface area contributed by atoms with Gasteiger partial charge in [-0.05, 0) is 25.8 Å². The molecule has 2 N–H and O–H groups in total. The van der Waals surface area contributed by atoms with E-state index in [1.807, 2.05) is 0 Å². The van der Waals surface area contributed by atoms with Crippen LogP contribution in [0.5, 0.6) is 0 Å². The molecular formula is C17H35NO. The smallest absolute Gasteiger partial charge is 0.0499 e. The fourth-order valence-electron chi connectivity index (χ4n) is 3.25. The zero-order chi connectivity index (χ0) is 13.8. The first-order chi connectivity index (χ1) is 9.33. The zero-order valence-electron chi connectivity index (χ0n) is 13.1. The largest absolute Gasteiger partial charge is 0.396 e. The number of unbranched alkanes of at least 4 members (excludes halogenated alkanes) is 6. The summed E-state index contributed by atoms with van der Waals surface area (Å²) in [4.78, 5) is 0. The van der Waals surface area contributed by atoms with Gasteiger partial charge in [0.05, 0.1) is 0 Å². The molecule has 1 saturated carbocycles. The Bertz CT molecular complexity index is 199. The second-order valence-corrected chi connectivity index (χ2v) is 6.52. The first-order valence-corrected chi connectivity index (χ1v) is 8.64. The average molecular weight is 269 g/mol. The Hall–Kier alpha value is -0.0800. The van der Waals surface area contributed by atoms with Gasteiger partial charge < -0.3 is 10.4 Å². The van der Waals surface area contributed by atoms with E-state index in [-0.39, 0.29) is 5.41 Å². The van der Waals surface area contributed by atoms with Crippen molar-refractivity contribution in [2.45, 2.75) is 84.0 Å². The molecule has 114 valence electrons. The third-order valence-electron chi connectivity index (χ3n) is 4.71. The summed E-state index contributed by atoms with van der Waals surface area (Å²) in [6, 6.07) is 0. The van der Waals surface area contributed by atoms with Gasteiger partial charge in [0.2, 0.25) is 0 Å². The van der Waals surface area contributed by atoms with Crippen molar-refractivity contribution in [3.05, 3.63) is 0 Å². The molecule has 1 aliphatic carbocycles. The lowest BCUT2D eigenvalue weighted by Gasteiger charge is -2.35. The summed E-state index contributed by atoms with van der Waals surface area (Å²) in [5, 5.41) is 13.2. The molecule has 1 rings (SSSR count). The lowest BCUT2D eigenvalue weighted by atomic mass is 9.74. The molecule has 0 spiro atoms. The summed E-state index contributed by atoms with van der Waals surface area (Å²) in [6.45, 7) is 4.80. The quantitative estimate of drug-likeness (QED) is 0.549. The van der Waals surface area contributed by atoms with Gasteiger partial charge in [-0.15, -0.1) is 0 Å². The molecule has 0 unspecified atom stereocenters. The van der Waals surface area contributed by atoms with Crippen molar-refractivity contribution in [2.75, 3.05) is 19.7 Å². The molecular weight excluding hydrogens is 234 g/mol. The Balaban J connectivity index is 1.94. The molecule has 0 aliphatic heterocycles. The van der Waals surface area contributed by atoms with Crippen molar-refractivity contribution < 1.29 is 5.11 Å². The molecule has 0 amide bonds. The van der Waals surface area contributed by atoms with Crippen LogP contribution in [0.15, 0.2) is 0 Å². The van der Waals surface area contributed by atoms with Crippen LogP contribution in [0.3, 0.4) is 0 Å². The molecule has 2 heteroatoms. The summed E-state index contributed by atoms with van der Waals surface area (Å²) in [6.07, 6.45) is 16.0. The average Bonchev–Trinajstić information content (AvgIpc) is 2.46. The predicted molar refractivity (Wildman–Crippen MR) is 83.5 cm³/mol. The minimum atomic E-state index is 0.208. The topological polar surface area (TPSA) is 32.3 Å². The molecule has 1 fully saturated rings. The fourth-order valence-corrected chi connectivity index (χ4v) is 3.25. The molecule has 0 aromatic carbocycles. The van der Waals surface area contributed by atoms with Crippen LogP contribution in [-0.4, -0.2) is 24.8 Å². The predicted octanol–water partition coefficient (Wildman–Crippen LogP) is 4.27. The van der Waals surface area contributed by atoms with Crippen molar-refractivity contribution in [2.24, 2.45) is 5.41 Å². The molecule has 19 heavy (non-hydrogen) atoms. The molecule has 0 bridgehead atoms. The summed E-state index contributed by atoms with van der Waals surface area (Å²) in [5.74, 6) is 0. The van der Waals surface area contributed by atoms with Crippen LogP contribution in [0.25, 0.3) is 0 Å². The maximum Gasteiger partial charge on any atom is 0.0499 e. The van der Waals surface area contributed by atoms with Gasteiger partial charge >= 0.3 is 0 Å². The fraction of sp³-hybridized carbons (Fsp3) is 1.00. The van der Waals surface area contributed by atoms with E-state index < -0.39 is 0 Å². The van der Waals surface area contributed by atoms with Crippen molar-refractivity contribution in [3.63, 3.8) is 0 Å². The van der Waals surface area contributed by atoms with E-state index in [4.69, 9.17) is 0 Å². The van der Waals surface area contributed by atoms with Crippen LogP contribution in [0.4, 0.5) is 0 Å². The van der Waals surface area contributed by atoms with E-state index in [1.54, 1.807) is 0 Å². The number of hydrogen-bond donors (Lipinski definition) is 2. The molecule has 0 aromatic rings. The minimum Gasteiger partial charge on any atom is -0.396 e. The van der Waals surface area contributed by atoms with E-state index in [0.717, 1.165) is 13.1 Å². The Morgan fingerprint density at radius 1 is 0.895 bits per heavy atom. The van der Waals surface area contributed by atoms with Gasteiger partial charge in [0.1, 0.15) is 0 Å². The highest BCUT2D eigenvalue weighted by Crippen LogP contribution is 2.35. The third kappa shape index (κ3) is 7.31. The van der Waals surface area contributed by atoms with Gasteiger partial charge in [-0.3, -0.25) is 0 Å². The van der Waals surface area contributed by atoms with Crippen LogP contribution >= 0.6 is 0 Å². The molecule has 0 radical (unpaired) electrons. The van der Waals surface area contributed by atoms with Gasteiger partial charge in [0.25, 0.3) is 0 Å². The van der Waals surface area contributed by atoms with Crippen molar-refractivity contribution in [1.29, 1.82) is 0 Å². The SMILES string of the molecule is CCCCCCCCCNCC1(CO)CCCCC1. The second-order valence-electron chi connectivity index (χ2n) is 6.52. The molecule has 0 heterocycles. The Labute approximate surface area is 120 Å². The molecule has 1 aliphatic rings. The number of nitrogens with one attached hydrogen (secondary N) is 1. The molecule has 0 saturated heterocycles. The zero-order valence-corrected chi connectivity index (χ0v) is 13.1. The molecule has 0 atom stereocenters. The monoisotopic (exact) mass is 269 g/mol. The van der Waals surface area contributed by atoms with Gasteiger partial charge in [0, 0.05) is 18.6 Å². The van der Waals surface area contributed by atoms with Gasteiger partial charge in [-0.25, -0.2) is 0 Å². The van der Waals surface area contributed by atoms with Crippen LogP contribution in [-0.2, 0) is 0 Å². The first-order valence-electron chi connectivity index (χ1n) is 8.64.